The number of nitrogens with two attached hydrogens (primary N) is 1. The number of likely N-dealkylation sites (N-methyl/N-ethyl adjacent to an activating group) is 1. The first-order valence-electron chi connectivity index (χ1n) is 10.5. The predicted molar refractivity (Wildman–Crippen MR) is 114 cm³/mol. The van der Waals surface area contributed by atoms with E-state index in [0.717, 1.165) is 12.1 Å². The fourth-order valence-corrected chi connectivity index (χ4v) is 5.55. The van der Waals surface area contributed by atoms with Gasteiger partial charge in [0, 0.05) is 17.1 Å². The van der Waals surface area contributed by atoms with Gasteiger partial charge in [-0.15, -0.1) is 0 Å². The number of primary amides is 1. The van der Waals surface area contributed by atoms with Crippen LogP contribution in [0.3, 0.4) is 0 Å². The Morgan fingerprint density at radius 3 is 2.31 bits per heavy atom. The Kier molecular flexibility index (Phi) is 5.56. The predicted octanol–water partition coefficient (Wildman–Crippen LogP) is 1.50. The van der Waals surface area contributed by atoms with E-state index in [-0.39, 0.29) is 18.4 Å². The third-order valence-electron chi connectivity index (χ3n) is 7.01. The molecule has 1 aromatic carbocycles. The highest BCUT2D eigenvalue weighted by Gasteiger charge is 2.64. The summed E-state index contributed by atoms with van der Waals surface area (Å²) in [6.45, 7) is 0. The lowest BCUT2D eigenvalue weighted by molar-refractivity contribution is -0.153. The highest BCUT2D eigenvalue weighted by atomic mass is 19.3. The minimum atomic E-state index is -2.83. The Labute approximate surface area is 196 Å². The van der Waals surface area contributed by atoms with E-state index in [2.05, 4.69) is 0 Å². The molecule has 186 valence electrons. The normalized spacial score (nSPS) is 28.0. The third-order valence-corrected chi connectivity index (χ3v) is 7.01. The van der Waals surface area contributed by atoms with Crippen molar-refractivity contribution >= 4 is 29.1 Å². The number of nitrogens with zero attached hydrogens (tertiary/aromatic N) is 1. The van der Waals surface area contributed by atoms with Gasteiger partial charge in [0.15, 0.2) is 17.2 Å². The van der Waals surface area contributed by atoms with Gasteiger partial charge in [-0.25, -0.2) is 4.39 Å². The number of hydrogen-bond acceptors (Lipinski definition) is 8. The Morgan fingerprint density at radius 1 is 1.14 bits per heavy atom. The van der Waals surface area contributed by atoms with Crippen molar-refractivity contribution in [1.29, 1.82) is 0 Å². The van der Waals surface area contributed by atoms with Crippen molar-refractivity contribution < 1.29 is 48.0 Å². The van der Waals surface area contributed by atoms with Gasteiger partial charge in [0.25, 0.3) is 5.91 Å². The molecule has 0 saturated heterocycles. The van der Waals surface area contributed by atoms with Gasteiger partial charge in [-0.3, -0.25) is 19.3 Å². The number of phenolic OH excluding ortho intramolecular Hbond substituents is 1. The van der Waals surface area contributed by atoms with Crippen molar-refractivity contribution in [1.82, 2.24) is 4.90 Å². The zero-order valence-electron chi connectivity index (χ0n) is 18.5. The number of fused-ring (bicyclic) bond motifs is 3. The standard InChI is InChI=1S/C23H21F3N2O7/c1-28(2)16-10-6-7-5-9-8(15(24)21(25)26)3-4-11(29)13(9)17(30)12(7)19(32)23(10,35)20(33)14(18(16)31)22(27)34/h3-4,7,10,16,29-30,33,35H,5-6H2,1-2H3,(H2,27,34)/t7-,10-,16-,23-/m0/s1. The number of aliphatic hydroxyl groups excluding tert-OH is 2. The quantitative estimate of drug-likeness (QED) is 0.395. The first-order valence-corrected chi connectivity index (χ1v) is 10.5. The van der Waals surface area contributed by atoms with Crippen LogP contribution in [0.2, 0.25) is 0 Å². The van der Waals surface area contributed by atoms with Gasteiger partial charge in [0.05, 0.1) is 11.6 Å². The first kappa shape index (κ1) is 24.5. The van der Waals surface area contributed by atoms with Gasteiger partial charge in [-0.2, -0.15) is 8.78 Å². The van der Waals surface area contributed by atoms with E-state index in [0.29, 0.717) is 0 Å². The molecule has 9 nitrogen and oxygen atoms in total. The molecular formula is C23H21F3N2O7. The summed E-state index contributed by atoms with van der Waals surface area (Å²) in [7, 11) is 2.88. The van der Waals surface area contributed by atoms with E-state index in [4.69, 9.17) is 5.73 Å². The molecule has 1 aromatic rings. The summed E-state index contributed by atoms with van der Waals surface area (Å²) >= 11 is 0. The summed E-state index contributed by atoms with van der Waals surface area (Å²) in [6, 6.07) is 0.473. The molecule has 4 rings (SSSR count). The van der Waals surface area contributed by atoms with E-state index < -0.39 is 92.4 Å². The maximum atomic E-state index is 14.2. The minimum Gasteiger partial charge on any atom is -0.508 e. The fraction of sp³-hybridized carbons (Fsp3) is 0.348. The van der Waals surface area contributed by atoms with Crippen LogP contribution in [-0.2, 0) is 20.8 Å². The van der Waals surface area contributed by atoms with Gasteiger partial charge in [0.2, 0.25) is 5.78 Å². The monoisotopic (exact) mass is 494 g/mol. The van der Waals surface area contributed by atoms with Crippen LogP contribution in [0.4, 0.5) is 13.2 Å². The van der Waals surface area contributed by atoms with Gasteiger partial charge in [-0.1, -0.05) is 0 Å². The highest BCUT2D eigenvalue weighted by Crippen LogP contribution is 2.53. The lowest BCUT2D eigenvalue weighted by Gasteiger charge is -2.50. The smallest absolute Gasteiger partial charge is 0.306 e. The molecule has 12 heteroatoms. The van der Waals surface area contributed by atoms with Crippen molar-refractivity contribution in [2.45, 2.75) is 24.5 Å². The van der Waals surface area contributed by atoms with Crippen molar-refractivity contribution in [2.24, 2.45) is 17.6 Å². The summed E-state index contributed by atoms with van der Waals surface area (Å²) in [5, 5.41) is 43.4. The van der Waals surface area contributed by atoms with E-state index in [1.807, 2.05) is 0 Å². The molecule has 1 fully saturated rings. The Morgan fingerprint density at radius 2 is 1.77 bits per heavy atom. The number of carbonyl (C=O) groups excluding carboxylic acids is 3. The van der Waals surface area contributed by atoms with Crippen molar-refractivity contribution in [3.63, 3.8) is 0 Å². The zero-order chi connectivity index (χ0) is 26.1. The van der Waals surface area contributed by atoms with Gasteiger partial charge < -0.3 is 26.2 Å². The lowest BCUT2D eigenvalue weighted by Crippen LogP contribution is -2.65. The largest absolute Gasteiger partial charge is 0.508 e. The average Bonchev–Trinajstić information content (AvgIpc) is 2.75. The number of carbonyl (C=O) groups is 3. The first-order chi connectivity index (χ1) is 16.2. The van der Waals surface area contributed by atoms with Crippen LogP contribution in [0, 0.1) is 11.8 Å². The van der Waals surface area contributed by atoms with Crippen LogP contribution >= 0.6 is 0 Å². The van der Waals surface area contributed by atoms with Gasteiger partial charge >= 0.3 is 6.08 Å². The summed E-state index contributed by atoms with van der Waals surface area (Å²) < 4.78 is 40.3. The Bertz CT molecular complexity index is 1300. The van der Waals surface area contributed by atoms with E-state index >= 15 is 0 Å². The minimum absolute atomic E-state index is 0.194. The number of ketones is 2. The van der Waals surface area contributed by atoms with E-state index in [1.165, 1.54) is 19.0 Å². The number of benzene rings is 1. The van der Waals surface area contributed by atoms with Crippen molar-refractivity contribution in [3.8, 4) is 5.75 Å². The fourth-order valence-electron chi connectivity index (χ4n) is 5.55. The number of phenols is 1. The second kappa shape index (κ2) is 7.95. The number of aliphatic hydroxyl groups is 3. The summed E-state index contributed by atoms with van der Waals surface area (Å²) in [6.07, 6.45) is -3.18. The average molecular weight is 494 g/mol. The van der Waals surface area contributed by atoms with Crippen LogP contribution in [0.15, 0.2) is 35.1 Å². The molecule has 0 radical (unpaired) electrons. The molecule has 0 spiro atoms. The summed E-state index contributed by atoms with van der Waals surface area (Å²) in [5.74, 6) is -10.5. The molecule has 1 saturated carbocycles. The second-order valence-electron chi connectivity index (χ2n) is 9.02. The topological polar surface area (TPSA) is 161 Å². The molecule has 4 atom stereocenters. The number of amides is 1. The molecule has 1 amide bonds. The molecule has 6 N–H and O–H groups in total. The Balaban J connectivity index is 2.00. The molecular weight excluding hydrogens is 473 g/mol. The maximum absolute atomic E-state index is 14.2. The van der Waals surface area contributed by atoms with Crippen LogP contribution in [-0.4, -0.2) is 68.5 Å². The van der Waals surface area contributed by atoms with Crippen LogP contribution in [0.25, 0.3) is 11.6 Å². The number of halogens is 3. The molecule has 0 unspecified atom stereocenters. The van der Waals surface area contributed by atoms with Gasteiger partial charge in [0.1, 0.15) is 22.8 Å². The third kappa shape index (κ3) is 3.20. The summed E-state index contributed by atoms with van der Waals surface area (Å²) in [5.41, 5.74) is -0.279. The number of rotatable bonds is 3. The molecule has 0 heterocycles. The number of hydrogen-bond donors (Lipinski definition) is 5. The van der Waals surface area contributed by atoms with E-state index in [1.54, 1.807) is 0 Å². The molecule has 3 aliphatic carbocycles. The van der Waals surface area contributed by atoms with Crippen molar-refractivity contribution in [2.75, 3.05) is 14.1 Å². The summed E-state index contributed by atoms with van der Waals surface area (Å²) in [4.78, 5) is 39.8. The van der Waals surface area contributed by atoms with Crippen LogP contribution in [0.1, 0.15) is 23.1 Å². The molecule has 0 bridgehead atoms. The molecule has 35 heavy (non-hydrogen) atoms. The van der Waals surface area contributed by atoms with Crippen LogP contribution in [0.5, 0.6) is 5.75 Å². The lowest BCUT2D eigenvalue weighted by atomic mass is 9.57. The molecule has 0 aromatic heterocycles. The number of aromatic hydroxyl groups is 1. The van der Waals surface area contributed by atoms with Crippen molar-refractivity contribution in [3.05, 3.63) is 51.8 Å². The SMILES string of the molecule is CN(C)[C@@H]1C(=O)C(C(N)=O)=C(O)[C@@]2(O)C(=O)C3=C(O)c4c(O)ccc(C(F)=C(F)F)c4C[C@H]3C[C@@H]12. The highest BCUT2D eigenvalue weighted by molar-refractivity contribution is 6.24. The molecule has 0 aliphatic heterocycles. The second-order valence-corrected chi connectivity index (χ2v) is 9.02. The zero-order valence-corrected chi connectivity index (χ0v) is 18.5. The van der Waals surface area contributed by atoms with Gasteiger partial charge in [-0.05, 0) is 50.6 Å². The Hall–Kier alpha value is -3.64. The van der Waals surface area contributed by atoms with E-state index in [9.17, 15) is 48.0 Å². The van der Waals surface area contributed by atoms with Crippen LogP contribution < -0.4 is 5.73 Å². The molecule has 3 aliphatic rings. The maximum Gasteiger partial charge on any atom is 0.306 e. The number of Topliss-reactive ketones (excluding diaryl/α,β-unsaturated/α-hetero) is 2.